The van der Waals surface area contributed by atoms with Crippen LogP contribution in [0.5, 0.6) is 0 Å². The molecule has 3 aromatic rings. The Morgan fingerprint density at radius 3 is 2.52 bits per heavy atom. The quantitative estimate of drug-likeness (QED) is 0.680. The first-order chi connectivity index (χ1) is 12.9. The molecule has 0 radical (unpaired) electrons. The fourth-order valence-corrected chi connectivity index (χ4v) is 2.71. The highest BCUT2D eigenvalue weighted by Gasteiger charge is 2.20. The van der Waals surface area contributed by atoms with Crippen LogP contribution in [0, 0.1) is 11.7 Å². The summed E-state index contributed by atoms with van der Waals surface area (Å²) in [6.45, 7) is 8.99. The second-order valence-corrected chi connectivity index (χ2v) is 6.88. The number of carbonyl (C=O) groups excluding carboxylic acids is 1. The number of amides is 1. The van der Waals surface area contributed by atoms with Crippen LogP contribution in [0.4, 0.5) is 15.8 Å². The summed E-state index contributed by atoms with van der Waals surface area (Å²) in [4.78, 5) is 17.3. The molecule has 0 fully saturated rings. The largest absolute Gasteiger partial charge is 0.381 e. The van der Waals surface area contributed by atoms with Gasteiger partial charge in [0.15, 0.2) is 5.65 Å². The summed E-state index contributed by atoms with van der Waals surface area (Å²) in [5.41, 5.74) is 2.39. The molecule has 2 heterocycles. The van der Waals surface area contributed by atoms with Crippen molar-refractivity contribution in [2.24, 2.45) is 5.92 Å². The zero-order valence-corrected chi connectivity index (χ0v) is 16.0. The van der Waals surface area contributed by atoms with Gasteiger partial charge in [-0.1, -0.05) is 13.8 Å². The molecule has 0 saturated heterocycles. The molecule has 6 nitrogen and oxygen atoms in total. The van der Waals surface area contributed by atoms with E-state index in [4.69, 9.17) is 0 Å². The van der Waals surface area contributed by atoms with E-state index in [1.165, 1.54) is 24.3 Å². The third-order valence-electron chi connectivity index (χ3n) is 4.68. The lowest BCUT2D eigenvalue weighted by Crippen LogP contribution is -2.24. The lowest BCUT2D eigenvalue weighted by atomic mass is 10.0. The van der Waals surface area contributed by atoms with E-state index in [0.29, 0.717) is 29.4 Å². The molecule has 7 heteroatoms. The molecule has 1 aromatic carbocycles. The number of anilines is 2. The van der Waals surface area contributed by atoms with Crippen molar-refractivity contribution in [1.82, 2.24) is 14.8 Å². The number of nitrogens with zero attached hydrogens (tertiary/aromatic N) is 3. The average Bonchev–Trinajstić information content (AvgIpc) is 3.07. The van der Waals surface area contributed by atoms with E-state index in [2.05, 4.69) is 41.5 Å². The zero-order chi connectivity index (χ0) is 19.6. The fraction of sp³-hybridized carbons (Fsp3) is 0.350. The number of halogens is 1. The number of fused-ring (bicyclic) bond motifs is 1. The number of aromatic nitrogens is 3. The van der Waals surface area contributed by atoms with Crippen LogP contribution in [0.15, 0.2) is 36.7 Å². The Kier molecular flexibility index (Phi) is 5.39. The second kappa shape index (κ2) is 7.73. The number of pyridine rings is 1. The predicted molar refractivity (Wildman–Crippen MR) is 105 cm³/mol. The summed E-state index contributed by atoms with van der Waals surface area (Å²) in [6, 6.07) is 5.82. The van der Waals surface area contributed by atoms with Gasteiger partial charge in [0.25, 0.3) is 5.91 Å². The monoisotopic (exact) mass is 369 g/mol. The van der Waals surface area contributed by atoms with Crippen LogP contribution in [-0.4, -0.2) is 26.7 Å². The van der Waals surface area contributed by atoms with Gasteiger partial charge < -0.3 is 10.6 Å². The van der Waals surface area contributed by atoms with Gasteiger partial charge in [0.2, 0.25) is 0 Å². The maximum Gasteiger partial charge on any atom is 0.259 e. The van der Waals surface area contributed by atoms with E-state index in [9.17, 15) is 9.18 Å². The minimum atomic E-state index is -0.351. The summed E-state index contributed by atoms with van der Waals surface area (Å²) < 4.78 is 14.9. The summed E-state index contributed by atoms with van der Waals surface area (Å²) in [5.74, 6) is -0.280. The predicted octanol–water partition coefficient (Wildman–Crippen LogP) is 4.30. The Balaban J connectivity index is 2.02. The van der Waals surface area contributed by atoms with Crippen molar-refractivity contribution >= 4 is 28.3 Å². The molecular formula is C20H24FN5O. The van der Waals surface area contributed by atoms with E-state index >= 15 is 0 Å². The molecule has 0 bridgehead atoms. The fourth-order valence-electron chi connectivity index (χ4n) is 2.71. The molecule has 27 heavy (non-hydrogen) atoms. The van der Waals surface area contributed by atoms with Crippen LogP contribution in [0.25, 0.3) is 11.0 Å². The first-order valence-corrected chi connectivity index (χ1v) is 9.08. The van der Waals surface area contributed by atoms with Gasteiger partial charge in [-0.3, -0.25) is 4.79 Å². The van der Waals surface area contributed by atoms with Crippen molar-refractivity contribution in [3.63, 3.8) is 0 Å². The van der Waals surface area contributed by atoms with Crippen LogP contribution in [0.2, 0.25) is 0 Å². The minimum absolute atomic E-state index is 0.151. The Labute approximate surface area is 157 Å². The first-order valence-electron chi connectivity index (χ1n) is 9.08. The van der Waals surface area contributed by atoms with E-state index in [-0.39, 0.29) is 17.8 Å². The molecule has 142 valence electrons. The molecule has 0 aliphatic rings. The first kappa shape index (κ1) is 18.8. The van der Waals surface area contributed by atoms with Crippen LogP contribution < -0.4 is 10.6 Å². The molecule has 0 aliphatic carbocycles. The molecule has 0 unspecified atom stereocenters. The number of benzene rings is 1. The van der Waals surface area contributed by atoms with Crippen LogP contribution in [0.1, 0.15) is 38.1 Å². The van der Waals surface area contributed by atoms with Crippen molar-refractivity contribution in [1.29, 1.82) is 0 Å². The van der Waals surface area contributed by atoms with E-state index < -0.39 is 0 Å². The third kappa shape index (κ3) is 3.92. The average molecular weight is 369 g/mol. The number of hydrogen-bond donors (Lipinski definition) is 2. The van der Waals surface area contributed by atoms with E-state index in [1.54, 1.807) is 17.1 Å². The minimum Gasteiger partial charge on any atom is -0.381 e. The molecule has 0 spiro atoms. The molecule has 1 amide bonds. The Morgan fingerprint density at radius 2 is 1.89 bits per heavy atom. The van der Waals surface area contributed by atoms with Gasteiger partial charge in [0.1, 0.15) is 5.82 Å². The molecule has 3 rings (SSSR count). The Bertz CT molecular complexity index is 949. The normalized spacial score (nSPS) is 12.4. The number of rotatable bonds is 6. The summed E-state index contributed by atoms with van der Waals surface area (Å²) >= 11 is 0. The van der Waals surface area contributed by atoms with Crippen molar-refractivity contribution < 1.29 is 9.18 Å². The topological polar surface area (TPSA) is 71.8 Å². The van der Waals surface area contributed by atoms with Crippen LogP contribution in [0.3, 0.4) is 0 Å². The van der Waals surface area contributed by atoms with Gasteiger partial charge in [0, 0.05) is 24.5 Å². The van der Waals surface area contributed by atoms with Crippen LogP contribution in [-0.2, 0) is 6.54 Å². The maximum atomic E-state index is 13.1. The van der Waals surface area contributed by atoms with E-state index in [0.717, 1.165) is 11.0 Å². The molecule has 1 atom stereocenters. The SMILES string of the molecule is CCn1ncc2c(N[C@@H](C)C(C)C)c(C(=O)Nc3ccc(F)cc3)cnc21. The highest BCUT2D eigenvalue weighted by molar-refractivity contribution is 6.12. The van der Waals surface area contributed by atoms with Gasteiger partial charge in [0.05, 0.1) is 22.8 Å². The number of hydrogen-bond acceptors (Lipinski definition) is 4. The van der Waals surface area contributed by atoms with E-state index in [1.807, 2.05) is 6.92 Å². The third-order valence-corrected chi connectivity index (χ3v) is 4.68. The molecule has 0 aliphatic heterocycles. The van der Waals surface area contributed by atoms with Crippen molar-refractivity contribution in [2.45, 2.75) is 40.3 Å². The second-order valence-electron chi connectivity index (χ2n) is 6.88. The number of aryl methyl sites for hydroxylation is 1. The van der Waals surface area contributed by atoms with Crippen LogP contribution >= 0.6 is 0 Å². The van der Waals surface area contributed by atoms with Gasteiger partial charge in [-0.25, -0.2) is 14.1 Å². The molecule has 2 aromatic heterocycles. The molecular weight excluding hydrogens is 345 g/mol. The number of nitrogens with one attached hydrogen (secondary N) is 2. The van der Waals surface area contributed by atoms with Gasteiger partial charge in [-0.05, 0) is 44.0 Å². The summed E-state index contributed by atoms with van der Waals surface area (Å²) in [5, 5.41) is 11.4. The maximum absolute atomic E-state index is 13.1. The van der Waals surface area contributed by atoms with Crippen molar-refractivity contribution in [2.75, 3.05) is 10.6 Å². The standard InChI is InChI=1S/C20H24FN5O/c1-5-26-19-16(11-23-26)18(24-13(4)12(2)3)17(10-22-19)20(27)25-15-8-6-14(21)7-9-15/h6-13H,5H2,1-4H3,(H,22,24)(H,25,27)/t13-/m0/s1. The molecule has 2 N–H and O–H groups in total. The Morgan fingerprint density at radius 1 is 1.19 bits per heavy atom. The Hall–Kier alpha value is -2.96. The lowest BCUT2D eigenvalue weighted by Gasteiger charge is -2.21. The van der Waals surface area contributed by atoms with Gasteiger partial charge >= 0.3 is 0 Å². The van der Waals surface area contributed by atoms with Gasteiger partial charge in [-0.2, -0.15) is 5.10 Å². The highest BCUT2D eigenvalue weighted by atomic mass is 19.1. The summed E-state index contributed by atoms with van der Waals surface area (Å²) in [7, 11) is 0. The van der Waals surface area contributed by atoms with Crippen molar-refractivity contribution in [3.05, 3.63) is 48.0 Å². The summed E-state index contributed by atoms with van der Waals surface area (Å²) in [6.07, 6.45) is 3.29. The van der Waals surface area contributed by atoms with Gasteiger partial charge in [-0.15, -0.1) is 0 Å². The van der Waals surface area contributed by atoms with Crippen molar-refractivity contribution in [3.8, 4) is 0 Å². The molecule has 0 saturated carbocycles. The smallest absolute Gasteiger partial charge is 0.259 e. The highest BCUT2D eigenvalue weighted by Crippen LogP contribution is 2.28. The zero-order valence-electron chi connectivity index (χ0n) is 16.0. The number of carbonyl (C=O) groups is 1. The lowest BCUT2D eigenvalue weighted by molar-refractivity contribution is 0.102.